The van der Waals surface area contributed by atoms with Crippen molar-refractivity contribution < 1.29 is 9.90 Å². The Morgan fingerprint density at radius 1 is 1.39 bits per heavy atom. The van der Waals surface area contributed by atoms with E-state index in [0.29, 0.717) is 6.54 Å². The number of para-hydroxylation sites is 2. The molecule has 1 aromatic heterocycles. The summed E-state index contributed by atoms with van der Waals surface area (Å²) >= 11 is 0. The van der Waals surface area contributed by atoms with Crippen LogP contribution in [0.1, 0.15) is 26.6 Å². The van der Waals surface area contributed by atoms with Crippen molar-refractivity contribution in [3.8, 4) is 0 Å². The fourth-order valence-electron chi connectivity index (χ4n) is 2.03. The van der Waals surface area contributed by atoms with E-state index >= 15 is 0 Å². The number of hydrogen-bond donors (Lipinski definition) is 1. The summed E-state index contributed by atoms with van der Waals surface area (Å²) in [6.07, 6.45) is 0.796. The first-order chi connectivity index (χ1) is 8.45. The molecule has 0 fully saturated rings. The first-order valence-electron chi connectivity index (χ1n) is 6.13. The van der Waals surface area contributed by atoms with Crippen LogP contribution in [-0.2, 0) is 17.8 Å². The maximum atomic E-state index is 11.2. The van der Waals surface area contributed by atoms with E-state index in [1.54, 1.807) is 13.8 Å². The molecule has 1 heterocycles. The van der Waals surface area contributed by atoms with Gasteiger partial charge in [-0.1, -0.05) is 19.1 Å². The largest absolute Gasteiger partial charge is 0.481 e. The van der Waals surface area contributed by atoms with Crippen LogP contribution in [0.3, 0.4) is 0 Å². The van der Waals surface area contributed by atoms with Gasteiger partial charge in [-0.05, 0) is 26.0 Å². The molecule has 0 aliphatic heterocycles. The molecule has 0 saturated heterocycles. The predicted octanol–water partition coefficient (Wildman–Crippen LogP) is 2.71. The number of aliphatic carboxylic acids is 1. The van der Waals surface area contributed by atoms with Crippen molar-refractivity contribution >= 4 is 17.0 Å². The SMILES string of the molecule is CCc1nc2ccccc2n1CC(C)(C)C(=O)O. The molecule has 0 spiro atoms. The number of rotatable bonds is 4. The summed E-state index contributed by atoms with van der Waals surface area (Å²) in [6, 6.07) is 7.84. The van der Waals surface area contributed by atoms with E-state index in [0.717, 1.165) is 23.3 Å². The Hall–Kier alpha value is -1.84. The quantitative estimate of drug-likeness (QED) is 0.902. The number of imidazole rings is 1. The third kappa shape index (κ3) is 2.10. The zero-order valence-electron chi connectivity index (χ0n) is 11.0. The summed E-state index contributed by atoms with van der Waals surface area (Å²) in [5.74, 6) is 0.146. The lowest BCUT2D eigenvalue weighted by molar-refractivity contribution is -0.147. The molecule has 18 heavy (non-hydrogen) atoms. The van der Waals surface area contributed by atoms with Crippen molar-refractivity contribution in [3.05, 3.63) is 30.1 Å². The van der Waals surface area contributed by atoms with Gasteiger partial charge in [-0.2, -0.15) is 0 Å². The zero-order chi connectivity index (χ0) is 13.3. The highest BCUT2D eigenvalue weighted by Crippen LogP contribution is 2.24. The van der Waals surface area contributed by atoms with Gasteiger partial charge < -0.3 is 9.67 Å². The minimum Gasteiger partial charge on any atom is -0.481 e. The minimum absolute atomic E-state index is 0.437. The summed E-state index contributed by atoms with van der Waals surface area (Å²) in [5, 5.41) is 9.24. The molecule has 0 radical (unpaired) electrons. The Bertz CT molecular complexity index is 584. The molecule has 1 N–H and O–H groups in total. The Morgan fingerprint density at radius 3 is 2.67 bits per heavy atom. The first-order valence-corrected chi connectivity index (χ1v) is 6.13. The van der Waals surface area contributed by atoms with Gasteiger partial charge in [0.1, 0.15) is 5.82 Å². The lowest BCUT2D eigenvalue weighted by Crippen LogP contribution is -2.29. The minimum atomic E-state index is -0.798. The fraction of sp³-hybridized carbons (Fsp3) is 0.429. The fourth-order valence-corrected chi connectivity index (χ4v) is 2.03. The normalized spacial score (nSPS) is 11.9. The summed E-state index contributed by atoms with van der Waals surface area (Å²) in [4.78, 5) is 15.8. The highest BCUT2D eigenvalue weighted by Gasteiger charge is 2.29. The monoisotopic (exact) mass is 246 g/mol. The van der Waals surface area contributed by atoms with Gasteiger partial charge in [-0.3, -0.25) is 4.79 Å². The van der Waals surface area contributed by atoms with E-state index in [1.807, 2.05) is 35.8 Å². The van der Waals surface area contributed by atoms with Crippen LogP contribution in [-0.4, -0.2) is 20.6 Å². The number of carboxylic acid groups (broad SMARTS) is 1. The van der Waals surface area contributed by atoms with Crippen molar-refractivity contribution in [1.82, 2.24) is 9.55 Å². The molecule has 2 rings (SSSR count). The van der Waals surface area contributed by atoms with Gasteiger partial charge in [-0.25, -0.2) is 4.98 Å². The lowest BCUT2D eigenvalue weighted by Gasteiger charge is -2.21. The highest BCUT2D eigenvalue weighted by molar-refractivity contribution is 5.77. The third-order valence-electron chi connectivity index (χ3n) is 3.18. The number of benzene rings is 1. The average Bonchev–Trinajstić information content (AvgIpc) is 2.67. The lowest BCUT2D eigenvalue weighted by atomic mass is 9.93. The molecule has 4 nitrogen and oxygen atoms in total. The van der Waals surface area contributed by atoms with Gasteiger partial charge in [0.2, 0.25) is 0 Å². The van der Waals surface area contributed by atoms with E-state index in [9.17, 15) is 9.90 Å². The summed E-state index contributed by atoms with van der Waals surface area (Å²) in [6.45, 7) is 5.95. The molecule has 4 heteroatoms. The zero-order valence-corrected chi connectivity index (χ0v) is 11.0. The van der Waals surface area contributed by atoms with Crippen LogP contribution >= 0.6 is 0 Å². The van der Waals surface area contributed by atoms with Crippen LogP contribution in [0.15, 0.2) is 24.3 Å². The van der Waals surface area contributed by atoms with Crippen LogP contribution in [0.25, 0.3) is 11.0 Å². The van der Waals surface area contributed by atoms with Gasteiger partial charge in [0.05, 0.1) is 16.4 Å². The molecule has 0 atom stereocenters. The molecular weight excluding hydrogens is 228 g/mol. The second-order valence-electron chi connectivity index (χ2n) is 5.15. The van der Waals surface area contributed by atoms with Crippen molar-refractivity contribution in [2.75, 3.05) is 0 Å². The average molecular weight is 246 g/mol. The van der Waals surface area contributed by atoms with Crippen LogP contribution in [0.4, 0.5) is 0 Å². The van der Waals surface area contributed by atoms with Crippen LogP contribution in [0.5, 0.6) is 0 Å². The number of hydrogen-bond acceptors (Lipinski definition) is 2. The van der Waals surface area contributed by atoms with Gasteiger partial charge >= 0.3 is 5.97 Å². The van der Waals surface area contributed by atoms with E-state index < -0.39 is 11.4 Å². The Morgan fingerprint density at radius 2 is 2.06 bits per heavy atom. The number of nitrogens with zero attached hydrogens (tertiary/aromatic N) is 2. The summed E-state index contributed by atoms with van der Waals surface area (Å²) in [5.41, 5.74) is 1.13. The molecule has 96 valence electrons. The molecule has 2 aromatic rings. The van der Waals surface area contributed by atoms with Crippen LogP contribution in [0, 0.1) is 5.41 Å². The van der Waals surface area contributed by atoms with Gasteiger partial charge in [-0.15, -0.1) is 0 Å². The van der Waals surface area contributed by atoms with Gasteiger partial charge in [0, 0.05) is 13.0 Å². The number of carbonyl (C=O) groups is 1. The Balaban J connectivity index is 2.52. The highest BCUT2D eigenvalue weighted by atomic mass is 16.4. The maximum Gasteiger partial charge on any atom is 0.310 e. The molecular formula is C14H18N2O2. The predicted molar refractivity (Wildman–Crippen MR) is 70.5 cm³/mol. The molecule has 0 unspecified atom stereocenters. The Kier molecular flexibility index (Phi) is 3.11. The molecule has 0 amide bonds. The number of carboxylic acids is 1. The molecule has 0 saturated carbocycles. The molecule has 0 aliphatic rings. The van der Waals surface area contributed by atoms with Crippen molar-refractivity contribution in [2.45, 2.75) is 33.7 Å². The van der Waals surface area contributed by atoms with Crippen LogP contribution in [0.2, 0.25) is 0 Å². The first kappa shape index (κ1) is 12.6. The Labute approximate surface area is 106 Å². The number of fused-ring (bicyclic) bond motifs is 1. The molecule has 1 aromatic carbocycles. The van der Waals surface area contributed by atoms with Gasteiger partial charge in [0.15, 0.2) is 0 Å². The standard InChI is InChI=1S/C14H18N2O2/c1-4-12-15-10-7-5-6-8-11(10)16(12)9-14(2,3)13(17)18/h5-8H,4,9H2,1-3H3,(H,17,18). The summed E-state index contributed by atoms with van der Waals surface area (Å²) < 4.78 is 2.02. The van der Waals surface area contributed by atoms with Crippen molar-refractivity contribution in [3.63, 3.8) is 0 Å². The van der Waals surface area contributed by atoms with Gasteiger partial charge in [0.25, 0.3) is 0 Å². The second kappa shape index (κ2) is 4.44. The smallest absolute Gasteiger partial charge is 0.310 e. The van der Waals surface area contributed by atoms with Crippen molar-refractivity contribution in [2.24, 2.45) is 5.41 Å². The van der Waals surface area contributed by atoms with Crippen molar-refractivity contribution in [1.29, 1.82) is 0 Å². The van der Waals surface area contributed by atoms with E-state index in [-0.39, 0.29) is 0 Å². The third-order valence-corrected chi connectivity index (χ3v) is 3.18. The van der Waals surface area contributed by atoms with Crippen LogP contribution < -0.4 is 0 Å². The molecule has 0 bridgehead atoms. The van der Waals surface area contributed by atoms with E-state index in [2.05, 4.69) is 4.98 Å². The number of aryl methyl sites for hydroxylation is 1. The second-order valence-corrected chi connectivity index (χ2v) is 5.15. The van der Waals surface area contributed by atoms with E-state index in [4.69, 9.17) is 0 Å². The number of aromatic nitrogens is 2. The maximum absolute atomic E-state index is 11.2. The molecule has 0 aliphatic carbocycles. The topological polar surface area (TPSA) is 55.1 Å². The summed E-state index contributed by atoms with van der Waals surface area (Å²) in [7, 11) is 0. The van der Waals surface area contributed by atoms with E-state index in [1.165, 1.54) is 0 Å².